The first-order chi connectivity index (χ1) is 9.20. The van der Waals surface area contributed by atoms with Gasteiger partial charge in [-0.05, 0) is 38.6 Å². The van der Waals surface area contributed by atoms with Gasteiger partial charge in [-0.2, -0.15) is 5.26 Å². The first-order valence-electron chi connectivity index (χ1n) is 6.91. The molecule has 0 aliphatic carbocycles. The monoisotopic (exact) mass is 258 g/mol. The Morgan fingerprint density at radius 2 is 2.37 bits per heavy atom. The molecule has 0 bridgehead atoms. The molecule has 0 aromatic carbocycles. The number of hydrogen-bond donors (Lipinski definition) is 0. The molecule has 0 amide bonds. The second kappa shape index (κ2) is 6.65. The predicted molar refractivity (Wildman–Crippen MR) is 75.4 cm³/mol. The van der Waals surface area contributed by atoms with E-state index in [4.69, 9.17) is 5.26 Å². The third kappa shape index (κ3) is 3.76. The summed E-state index contributed by atoms with van der Waals surface area (Å²) >= 11 is 0. The summed E-state index contributed by atoms with van der Waals surface area (Å²) in [5.74, 6) is 0. The minimum atomic E-state index is 0.313. The molecule has 2 rings (SSSR count). The molecular weight excluding hydrogens is 236 g/mol. The van der Waals surface area contributed by atoms with E-state index < -0.39 is 0 Å². The van der Waals surface area contributed by atoms with E-state index in [-0.39, 0.29) is 0 Å². The number of likely N-dealkylation sites (N-methyl/N-ethyl adjacent to an activating group) is 1. The van der Waals surface area contributed by atoms with Crippen molar-refractivity contribution >= 4 is 0 Å². The minimum absolute atomic E-state index is 0.313. The number of rotatable bonds is 3. The molecule has 1 fully saturated rings. The summed E-state index contributed by atoms with van der Waals surface area (Å²) in [6.45, 7) is 5.22. The Bertz CT molecular complexity index is 426. The topological polar surface area (TPSA) is 43.2 Å². The molecule has 19 heavy (non-hydrogen) atoms. The van der Waals surface area contributed by atoms with Gasteiger partial charge in [0.2, 0.25) is 0 Å². The lowest BCUT2D eigenvalue weighted by Gasteiger charge is -2.33. The van der Waals surface area contributed by atoms with Crippen LogP contribution in [0.3, 0.4) is 0 Å². The number of aromatic nitrogens is 1. The van der Waals surface area contributed by atoms with Crippen LogP contribution in [-0.2, 0) is 6.54 Å². The van der Waals surface area contributed by atoms with Crippen molar-refractivity contribution in [1.82, 2.24) is 14.8 Å². The molecule has 0 radical (unpaired) electrons. The largest absolute Gasteiger partial charge is 0.305 e. The number of nitrogens with zero attached hydrogens (tertiary/aromatic N) is 4. The lowest BCUT2D eigenvalue weighted by Crippen LogP contribution is -2.43. The fraction of sp³-hybridized carbons (Fsp3) is 0.600. The Balaban J connectivity index is 2.14. The molecule has 0 spiro atoms. The molecule has 4 heteroatoms. The summed E-state index contributed by atoms with van der Waals surface area (Å²) in [4.78, 5) is 8.98. The van der Waals surface area contributed by atoms with Gasteiger partial charge in [0, 0.05) is 37.6 Å². The molecule has 1 aliphatic rings. The van der Waals surface area contributed by atoms with Gasteiger partial charge < -0.3 is 4.90 Å². The van der Waals surface area contributed by atoms with Crippen molar-refractivity contribution < 1.29 is 0 Å². The highest BCUT2D eigenvalue weighted by atomic mass is 15.2. The Morgan fingerprint density at radius 1 is 1.53 bits per heavy atom. The van der Waals surface area contributed by atoms with Crippen molar-refractivity contribution in [2.24, 2.45) is 0 Å². The van der Waals surface area contributed by atoms with Gasteiger partial charge in [-0.1, -0.05) is 6.07 Å². The lowest BCUT2D eigenvalue weighted by molar-refractivity contribution is 0.137. The maximum Gasteiger partial charge on any atom is 0.0638 e. The van der Waals surface area contributed by atoms with Crippen LogP contribution in [0.5, 0.6) is 0 Å². The smallest absolute Gasteiger partial charge is 0.0638 e. The molecule has 0 saturated carbocycles. The standard InChI is InChI=1S/C15H22N4/c1-13-6-9-18(2)12-15(5-7-16)19(13)11-14-4-3-8-17-10-14/h3-4,8,10,13,15H,5-6,9,11-12H2,1-2H3. The van der Waals surface area contributed by atoms with Crippen molar-refractivity contribution in [3.05, 3.63) is 30.1 Å². The number of nitriles is 1. The highest BCUT2D eigenvalue weighted by Crippen LogP contribution is 2.20. The van der Waals surface area contributed by atoms with Gasteiger partial charge in [-0.15, -0.1) is 0 Å². The van der Waals surface area contributed by atoms with E-state index in [1.807, 2.05) is 12.3 Å². The summed E-state index contributed by atoms with van der Waals surface area (Å²) in [5.41, 5.74) is 1.22. The van der Waals surface area contributed by atoms with E-state index in [1.54, 1.807) is 6.20 Å². The van der Waals surface area contributed by atoms with Gasteiger partial charge in [0.25, 0.3) is 0 Å². The molecule has 1 aromatic heterocycles. The molecule has 4 nitrogen and oxygen atoms in total. The van der Waals surface area contributed by atoms with E-state index >= 15 is 0 Å². The van der Waals surface area contributed by atoms with Crippen LogP contribution in [0.15, 0.2) is 24.5 Å². The Morgan fingerprint density at radius 3 is 3.05 bits per heavy atom. The van der Waals surface area contributed by atoms with Crippen LogP contribution in [0.4, 0.5) is 0 Å². The van der Waals surface area contributed by atoms with Crippen LogP contribution in [0, 0.1) is 11.3 Å². The Kier molecular flexibility index (Phi) is 4.89. The van der Waals surface area contributed by atoms with Gasteiger partial charge in [-0.3, -0.25) is 9.88 Å². The number of pyridine rings is 1. The van der Waals surface area contributed by atoms with E-state index in [0.717, 1.165) is 26.1 Å². The highest BCUT2D eigenvalue weighted by Gasteiger charge is 2.28. The first-order valence-corrected chi connectivity index (χ1v) is 6.91. The molecule has 1 aliphatic heterocycles. The van der Waals surface area contributed by atoms with Crippen molar-refractivity contribution in [3.63, 3.8) is 0 Å². The maximum absolute atomic E-state index is 9.06. The maximum atomic E-state index is 9.06. The summed E-state index contributed by atoms with van der Waals surface area (Å²) in [7, 11) is 2.14. The molecule has 102 valence electrons. The molecule has 0 N–H and O–H groups in total. The highest BCUT2D eigenvalue weighted by molar-refractivity contribution is 5.09. The third-order valence-electron chi connectivity index (χ3n) is 3.90. The first kappa shape index (κ1) is 14.0. The van der Waals surface area contributed by atoms with Crippen LogP contribution < -0.4 is 0 Å². The molecule has 1 saturated heterocycles. The molecule has 1 aromatic rings. The van der Waals surface area contributed by atoms with Crippen LogP contribution in [0.2, 0.25) is 0 Å². The van der Waals surface area contributed by atoms with E-state index in [9.17, 15) is 0 Å². The van der Waals surface area contributed by atoms with Gasteiger partial charge in [0.15, 0.2) is 0 Å². The van der Waals surface area contributed by atoms with Gasteiger partial charge in [0.1, 0.15) is 0 Å². The van der Waals surface area contributed by atoms with Crippen molar-refractivity contribution in [3.8, 4) is 6.07 Å². The fourth-order valence-corrected chi connectivity index (χ4v) is 2.76. The quantitative estimate of drug-likeness (QED) is 0.830. The summed E-state index contributed by atoms with van der Waals surface area (Å²) in [6.07, 6.45) is 5.47. The zero-order valence-corrected chi connectivity index (χ0v) is 11.8. The fourth-order valence-electron chi connectivity index (χ4n) is 2.76. The van der Waals surface area contributed by atoms with Crippen molar-refractivity contribution in [1.29, 1.82) is 5.26 Å². The molecule has 2 heterocycles. The van der Waals surface area contributed by atoms with Crippen LogP contribution in [0.1, 0.15) is 25.3 Å². The van der Waals surface area contributed by atoms with E-state index in [1.165, 1.54) is 5.56 Å². The van der Waals surface area contributed by atoms with Crippen LogP contribution >= 0.6 is 0 Å². The zero-order valence-electron chi connectivity index (χ0n) is 11.8. The zero-order chi connectivity index (χ0) is 13.7. The molecule has 2 atom stereocenters. The average molecular weight is 258 g/mol. The van der Waals surface area contributed by atoms with E-state index in [0.29, 0.717) is 18.5 Å². The Labute approximate surface area is 115 Å². The normalized spacial score (nSPS) is 25.7. The molecule has 2 unspecified atom stereocenters. The number of hydrogen-bond acceptors (Lipinski definition) is 4. The molecular formula is C15H22N4. The predicted octanol–water partition coefficient (Wildman–Crippen LogP) is 1.89. The second-order valence-corrected chi connectivity index (χ2v) is 5.45. The average Bonchev–Trinajstić information content (AvgIpc) is 2.54. The summed E-state index contributed by atoms with van der Waals surface area (Å²) < 4.78 is 0. The summed E-state index contributed by atoms with van der Waals surface area (Å²) in [6, 6.07) is 7.24. The summed E-state index contributed by atoms with van der Waals surface area (Å²) in [5, 5.41) is 9.06. The van der Waals surface area contributed by atoms with E-state index in [2.05, 4.69) is 40.9 Å². The van der Waals surface area contributed by atoms with Gasteiger partial charge in [-0.25, -0.2) is 0 Å². The van der Waals surface area contributed by atoms with Crippen LogP contribution in [0.25, 0.3) is 0 Å². The minimum Gasteiger partial charge on any atom is -0.305 e. The lowest BCUT2D eigenvalue weighted by atomic mass is 10.1. The van der Waals surface area contributed by atoms with Crippen molar-refractivity contribution in [2.75, 3.05) is 20.1 Å². The van der Waals surface area contributed by atoms with Crippen LogP contribution in [-0.4, -0.2) is 47.0 Å². The van der Waals surface area contributed by atoms with Crippen molar-refractivity contribution in [2.45, 2.75) is 38.4 Å². The Hall–Kier alpha value is -1.44. The second-order valence-electron chi connectivity index (χ2n) is 5.45. The van der Waals surface area contributed by atoms with Gasteiger partial charge in [0.05, 0.1) is 12.5 Å². The SMILES string of the molecule is CC1CCN(C)CC(CC#N)N1Cc1cccnc1. The third-order valence-corrected chi connectivity index (χ3v) is 3.90. The van der Waals surface area contributed by atoms with Gasteiger partial charge >= 0.3 is 0 Å².